The molecule has 11 heteroatoms. The summed E-state index contributed by atoms with van der Waals surface area (Å²) in [6.07, 6.45) is -0.303. The number of carbonyl (C=O) groups excluding carboxylic acids is 2. The van der Waals surface area contributed by atoms with Crippen molar-refractivity contribution in [3.63, 3.8) is 0 Å². The lowest BCUT2D eigenvalue weighted by Gasteiger charge is -2.07. The zero-order valence-corrected chi connectivity index (χ0v) is 15.0. The Morgan fingerprint density at radius 2 is 1.86 bits per heavy atom. The SMILES string of the molecule is NC(=NC1=N[C@H](CC(=O)Nc2ccccc2[N+](=O)[O-])C(=O)N1)Nc1ccccc1. The van der Waals surface area contributed by atoms with E-state index in [1.165, 1.54) is 18.2 Å². The van der Waals surface area contributed by atoms with Gasteiger partial charge < -0.3 is 16.4 Å². The second-order valence-electron chi connectivity index (χ2n) is 5.97. The molecule has 2 aromatic carbocycles. The lowest BCUT2D eigenvalue weighted by atomic mass is 10.2. The molecule has 3 rings (SSSR count). The molecule has 11 nitrogen and oxygen atoms in total. The third-order valence-corrected chi connectivity index (χ3v) is 3.84. The van der Waals surface area contributed by atoms with Gasteiger partial charge in [0.2, 0.25) is 17.8 Å². The number of benzene rings is 2. The van der Waals surface area contributed by atoms with Crippen LogP contribution in [0.5, 0.6) is 0 Å². The summed E-state index contributed by atoms with van der Waals surface area (Å²) in [5, 5.41) is 18.7. The molecule has 29 heavy (non-hydrogen) atoms. The van der Waals surface area contributed by atoms with E-state index in [-0.39, 0.29) is 29.7 Å². The molecule has 0 aliphatic carbocycles. The first-order chi connectivity index (χ1) is 13.9. The highest BCUT2D eigenvalue weighted by Gasteiger charge is 2.29. The number of nitro benzene ring substituents is 1. The minimum atomic E-state index is -1.01. The van der Waals surface area contributed by atoms with Crippen LogP contribution < -0.4 is 21.7 Å². The van der Waals surface area contributed by atoms with Crippen LogP contribution >= 0.6 is 0 Å². The quantitative estimate of drug-likeness (QED) is 0.257. The van der Waals surface area contributed by atoms with Gasteiger partial charge in [-0.25, -0.2) is 4.99 Å². The maximum atomic E-state index is 12.2. The highest BCUT2D eigenvalue weighted by Crippen LogP contribution is 2.23. The van der Waals surface area contributed by atoms with E-state index in [9.17, 15) is 19.7 Å². The van der Waals surface area contributed by atoms with Crippen molar-refractivity contribution in [1.82, 2.24) is 5.32 Å². The molecule has 1 aliphatic rings. The molecule has 1 aliphatic heterocycles. The number of carbonyl (C=O) groups is 2. The highest BCUT2D eigenvalue weighted by molar-refractivity contribution is 6.11. The van der Waals surface area contributed by atoms with E-state index in [2.05, 4.69) is 25.9 Å². The maximum absolute atomic E-state index is 12.2. The number of amides is 2. The molecule has 0 saturated heterocycles. The Balaban J connectivity index is 1.63. The van der Waals surface area contributed by atoms with Gasteiger partial charge in [0, 0.05) is 11.8 Å². The summed E-state index contributed by atoms with van der Waals surface area (Å²) in [4.78, 5) is 42.7. The minimum Gasteiger partial charge on any atom is -0.369 e. The van der Waals surface area contributed by atoms with Gasteiger partial charge in [-0.2, -0.15) is 4.99 Å². The number of nitro groups is 1. The molecular weight excluding hydrogens is 378 g/mol. The van der Waals surface area contributed by atoms with Crippen LogP contribution in [0.15, 0.2) is 64.6 Å². The summed E-state index contributed by atoms with van der Waals surface area (Å²) in [5.74, 6) is -1.13. The number of aliphatic imine (C=N–C) groups is 2. The molecular formula is C18H17N7O4. The van der Waals surface area contributed by atoms with Crippen LogP contribution in [-0.2, 0) is 9.59 Å². The Morgan fingerprint density at radius 3 is 2.59 bits per heavy atom. The van der Waals surface area contributed by atoms with Gasteiger partial charge in [-0.05, 0) is 18.2 Å². The van der Waals surface area contributed by atoms with Crippen LogP contribution in [0.1, 0.15) is 6.42 Å². The van der Waals surface area contributed by atoms with E-state index in [0.717, 1.165) is 0 Å². The van der Waals surface area contributed by atoms with Gasteiger partial charge in [0.15, 0.2) is 0 Å². The monoisotopic (exact) mass is 395 g/mol. The summed E-state index contributed by atoms with van der Waals surface area (Å²) in [6.45, 7) is 0. The number of para-hydroxylation sites is 3. The second-order valence-corrected chi connectivity index (χ2v) is 5.97. The number of nitrogens with zero attached hydrogens (tertiary/aromatic N) is 3. The summed E-state index contributed by atoms with van der Waals surface area (Å²) in [7, 11) is 0. The van der Waals surface area contributed by atoms with E-state index in [1.807, 2.05) is 18.2 Å². The van der Waals surface area contributed by atoms with Crippen LogP contribution in [-0.4, -0.2) is 34.7 Å². The lowest BCUT2D eigenvalue weighted by Crippen LogP contribution is -2.32. The molecule has 5 N–H and O–H groups in total. The average molecular weight is 395 g/mol. The normalized spacial score (nSPS) is 16.0. The predicted molar refractivity (Wildman–Crippen MR) is 107 cm³/mol. The minimum absolute atomic E-state index is 0.0141. The first-order valence-corrected chi connectivity index (χ1v) is 8.50. The predicted octanol–water partition coefficient (Wildman–Crippen LogP) is 1.20. The highest BCUT2D eigenvalue weighted by atomic mass is 16.6. The third kappa shape index (κ3) is 5.13. The van der Waals surface area contributed by atoms with Gasteiger partial charge in [0.05, 0.1) is 11.3 Å². The summed E-state index contributed by atoms with van der Waals surface area (Å²) in [5.41, 5.74) is 6.29. The van der Waals surface area contributed by atoms with Crippen molar-refractivity contribution < 1.29 is 14.5 Å². The van der Waals surface area contributed by atoms with Crippen molar-refractivity contribution in [2.24, 2.45) is 15.7 Å². The number of anilines is 2. The topological polar surface area (TPSA) is 164 Å². The van der Waals surface area contributed by atoms with Crippen LogP contribution in [0.2, 0.25) is 0 Å². The molecule has 0 spiro atoms. The van der Waals surface area contributed by atoms with Gasteiger partial charge in [0.25, 0.3) is 11.6 Å². The molecule has 1 atom stereocenters. The molecule has 2 amide bonds. The molecule has 2 aromatic rings. The molecule has 0 aromatic heterocycles. The first kappa shape index (κ1) is 19.5. The van der Waals surface area contributed by atoms with Gasteiger partial charge in [-0.3, -0.25) is 25.0 Å². The van der Waals surface area contributed by atoms with Gasteiger partial charge in [-0.1, -0.05) is 30.3 Å². The summed E-state index contributed by atoms with van der Waals surface area (Å²) >= 11 is 0. The molecule has 0 fully saturated rings. The Bertz CT molecular complexity index is 1000. The molecule has 148 valence electrons. The van der Waals surface area contributed by atoms with E-state index < -0.39 is 22.8 Å². The van der Waals surface area contributed by atoms with Crippen molar-refractivity contribution >= 4 is 40.8 Å². The van der Waals surface area contributed by atoms with Crippen LogP contribution in [0.3, 0.4) is 0 Å². The van der Waals surface area contributed by atoms with Gasteiger partial charge in [0.1, 0.15) is 11.7 Å². The number of nitrogens with two attached hydrogens (primary N) is 1. The number of hydrogen-bond acceptors (Lipinski definition) is 6. The number of rotatable bonds is 5. The number of guanidine groups is 2. The zero-order chi connectivity index (χ0) is 20.8. The largest absolute Gasteiger partial charge is 0.369 e. The molecule has 1 heterocycles. The van der Waals surface area contributed by atoms with E-state index >= 15 is 0 Å². The van der Waals surface area contributed by atoms with E-state index in [4.69, 9.17) is 5.73 Å². The number of hydrogen-bond donors (Lipinski definition) is 4. The molecule has 0 unspecified atom stereocenters. The van der Waals surface area contributed by atoms with Crippen molar-refractivity contribution in [2.45, 2.75) is 12.5 Å². The Morgan fingerprint density at radius 1 is 1.17 bits per heavy atom. The summed E-state index contributed by atoms with van der Waals surface area (Å²) < 4.78 is 0. The zero-order valence-electron chi connectivity index (χ0n) is 15.0. The Hall–Kier alpha value is -4.28. The van der Waals surface area contributed by atoms with Gasteiger partial charge >= 0.3 is 0 Å². The van der Waals surface area contributed by atoms with Crippen molar-refractivity contribution in [3.8, 4) is 0 Å². The third-order valence-electron chi connectivity index (χ3n) is 3.84. The van der Waals surface area contributed by atoms with Crippen molar-refractivity contribution in [2.75, 3.05) is 10.6 Å². The lowest BCUT2D eigenvalue weighted by molar-refractivity contribution is -0.383. The smallest absolute Gasteiger partial charge is 0.292 e. The fourth-order valence-electron chi connectivity index (χ4n) is 2.55. The van der Waals surface area contributed by atoms with Crippen molar-refractivity contribution in [3.05, 3.63) is 64.7 Å². The van der Waals surface area contributed by atoms with E-state index in [1.54, 1.807) is 18.2 Å². The molecule has 0 radical (unpaired) electrons. The Kier molecular flexibility index (Phi) is 5.78. The average Bonchev–Trinajstić information content (AvgIpc) is 3.01. The van der Waals surface area contributed by atoms with Crippen molar-refractivity contribution in [1.29, 1.82) is 0 Å². The fraction of sp³-hybridized carbons (Fsp3) is 0.111. The maximum Gasteiger partial charge on any atom is 0.292 e. The Labute approximate surface area is 164 Å². The second kappa shape index (κ2) is 8.61. The van der Waals surface area contributed by atoms with Gasteiger partial charge in [-0.15, -0.1) is 0 Å². The van der Waals surface area contributed by atoms with Crippen LogP contribution in [0.4, 0.5) is 17.1 Å². The summed E-state index contributed by atoms with van der Waals surface area (Å²) in [6, 6.07) is 13.7. The molecule has 0 saturated carbocycles. The van der Waals surface area contributed by atoms with Crippen LogP contribution in [0.25, 0.3) is 0 Å². The van der Waals surface area contributed by atoms with E-state index in [0.29, 0.717) is 5.69 Å². The molecule has 0 bridgehead atoms. The first-order valence-electron chi connectivity index (χ1n) is 8.50. The fourth-order valence-corrected chi connectivity index (χ4v) is 2.55. The standard InChI is InChI=1S/C18H17N7O4/c19-17(20-11-6-2-1-3-7-11)24-18-22-13(16(27)23-18)10-15(26)21-12-8-4-5-9-14(12)25(28)29/h1-9,13H,10H2,(H,21,26)(H4,19,20,22,23,24,27)/t13-/m1/s1. The number of nitrogens with one attached hydrogen (secondary N) is 3. The van der Waals surface area contributed by atoms with Crippen LogP contribution in [0, 0.1) is 10.1 Å².